The molecule has 2 nitrogen and oxygen atoms in total. The summed E-state index contributed by atoms with van der Waals surface area (Å²) in [7, 11) is 0. The minimum atomic E-state index is 0.0567. The van der Waals surface area contributed by atoms with Gasteiger partial charge in [-0.3, -0.25) is 4.90 Å². The Kier molecular flexibility index (Phi) is 4.20. The molecule has 0 spiro atoms. The Morgan fingerprint density at radius 1 is 1.60 bits per heavy atom. The Labute approximate surface area is 102 Å². The zero-order valence-electron chi connectivity index (χ0n) is 10.1. The summed E-state index contributed by atoms with van der Waals surface area (Å²) in [5.74, 6) is 0. The summed E-state index contributed by atoms with van der Waals surface area (Å²) in [6, 6.07) is 3.04. The van der Waals surface area contributed by atoms with Crippen LogP contribution >= 0.6 is 15.9 Å². The quantitative estimate of drug-likeness (QED) is 0.722. The number of hydrogen-bond donors (Lipinski definition) is 0. The second-order valence-corrected chi connectivity index (χ2v) is 6.57. The van der Waals surface area contributed by atoms with E-state index >= 15 is 0 Å². The summed E-state index contributed by atoms with van der Waals surface area (Å²) in [4.78, 5) is 2.87. The summed E-state index contributed by atoms with van der Waals surface area (Å²) in [5.41, 5.74) is 0.0879. The maximum Gasteiger partial charge on any atom is 0.103 e. The average Bonchev–Trinajstić information content (AvgIpc) is 2.14. The van der Waals surface area contributed by atoms with E-state index in [-0.39, 0.29) is 11.5 Å². The van der Waals surface area contributed by atoms with E-state index in [9.17, 15) is 5.26 Å². The molecule has 0 aliphatic carbocycles. The van der Waals surface area contributed by atoms with Crippen LogP contribution in [0.15, 0.2) is 0 Å². The molecule has 0 saturated carbocycles. The van der Waals surface area contributed by atoms with Crippen molar-refractivity contribution >= 4 is 15.9 Å². The number of rotatable bonds is 2. The van der Waals surface area contributed by atoms with Crippen LogP contribution in [0.3, 0.4) is 0 Å². The van der Waals surface area contributed by atoms with Crippen LogP contribution < -0.4 is 0 Å². The molecule has 0 aromatic rings. The fourth-order valence-electron chi connectivity index (χ4n) is 2.45. The van der Waals surface area contributed by atoms with Gasteiger partial charge in [-0.15, -0.1) is 0 Å². The largest absolute Gasteiger partial charge is 0.284 e. The minimum Gasteiger partial charge on any atom is -0.284 e. The van der Waals surface area contributed by atoms with Gasteiger partial charge in [0.05, 0.1) is 6.07 Å². The van der Waals surface area contributed by atoms with Gasteiger partial charge in [0, 0.05) is 17.4 Å². The predicted octanol–water partition coefficient (Wildman–Crippen LogP) is 3.17. The third-order valence-corrected chi connectivity index (χ3v) is 4.12. The molecule has 0 aromatic carbocycles. The number of hydrogen-bond acceptors (Lipinski definition) is 2. The molecule has 1 rings (SSSR count). The first-order chi connectivity index (χ1) is 6.92. The lowest BCUT2D eigenvalue weighted by atomic mass is 9.76. The van der Waals surface area contributed by atoms with Gasteiger partial charge in [-0.05, 0) is 25.2 Å². The van der Waals surface area contributed by atoms with E-state index in [2.05, 4.69) is 54.6 Å². The fraction of sp³-hybridized carbons (Fsp3) is 0.917. The highest BCUT2D eigenvalue weighted by atomic mass is 79.9. The fourth-order valence-corrected chi connectivity index (χ4v) is 3.62. The molecule has 1 heterocycles. The maximum atomic E-state index is 9.32. The van der Waals surface area contributed by atoms with Crippen LogP contribution in [0.5, 0.6) is 0 Å². The van der Waals surface area contributed by atoms with Crippen LogP contribution in [0.1, 0.15) is 40.5 Å². The van der Waals surface area contributed by atoms with E-state index < -0.39 is 0 Å². The smallest absolute Gasteiger partial charge is 0.103 e. The van der Waals surface area contributed by atoms with Gasteiger partial charge in [-0.1, -0.05) is 36.7 Å². The molecule has 0 N–H and O–H groups in total. The van der Waals surface area contributed by atoms with E-state index in [4.69, 9.17) is 0 Å². The lowest BCUT2D eigenvalue weighted by molar-refractivity contribution is 0.0465. The van der Waals surface area contributed by atoms with Gasteiger partial charge in [0.15, 0.2) is 0 Å². The van der Waals surface area contributed by atoms with Crippen molar-refractivity contribution in [3.8, 4) is 6.07 Å². The minimum absolute atomic E-state index is 0.0567. The van der Waals surface area contributed by atoms with Crippen molar-refractivity contribution in [2.45, 2.75) is 57.4 Å². The van der Waals surface area contributed by atoms with Crippen LogP contribution in [-0.2, 0) is 0 Å². The van der Waals surface area contributed by atoms with Gasteiger partial charge >= 0.3 is 0 Å². The number of nitrogens with zero attached hydrogens (tertiary/aromatic N) is 2. The Hall–Kier alpha value is -0.0700. The van der Waals surface area contributed by atoms with Crippen molar-refractivity contribution in [3.05, 3.63) is 0 Å². The molecule has 3 atom stereocenters. The van der Waals surface area contributed by atoms with Crippen LogP contribution in [-0.4, -0.2) is 28.4 Å². The summed E-state index contributed by atoms with van der Waals surface area (Å²) in [5, 5.41) is 9.32. The first-order valence-corrected chi connectivity index (χ1v) is 6.63. The lowest BCUT2D eigenvalue weighted by Crippen LogP contribution is -2.55. The van der Waals surface area contributed by atoms with E-state index in [1.807, 2.05) is 0 Å². The molecule has 1 aliphatic rings. The van der Waals surface area contributed by atoms with Crippen LogP contribution in [0, 0.1) is 16.7 Å². The van der Waals surface area contributed by atoms with Gasteiger partial charge in [0.1, 0.15) is 6.04 Å². The maximum absolute atomic E-state index is 9.32. The SMILES string of the molecule is CCC(C)N1C[C@@H](Br)CC(C)(C)[C@@H]1C#N. The topological polar surface area (TPSA) is 27.0 Å². The van der Waals surface area contributed by atoms with Crippen molar-refractivity contribution in [1.82, 2.24) is 4.90 Å². The highest BCUT2D eigenvalue weighted by molar-refractivity contribution is 9.09. The summed E-state index contributed by atoms with van der Waals surface area (Å²) >= 11 is 3.71. The molecule has 1 fully saturated rings. The third-order valence-electron chi connectivity index (χ3n) is 3.51. The van der Waals surface area contributed by atoms with Crippen molar-refractivity contribution in [2.24, 2.45) is 5.41 Å². The first-order valence-electron chi connectivity index (χ1n) is 5.71. The first kappa shape index (κ1) is 13.0. The van der Waals surface area contributed by atoms with Crippen LogP contribution in [0.25, 0.3) is 0 Å². The number of nitriles is 1. The molecule has 15 heavy (non-hydrogen) atoms. The van der Waals surface area contributed by atoms with Gasteiger partial charge in [0.25, 0.3) is 0 Å². The molecule has 1 saturated heterocycles. The van der Waals surface area contributed by atoms with E-state index in [1.54, 1.807) is 0 Å². The monoisotopic (exact) mass is 272 g/mol. The number of halogens is 1. The molecular weight excluding hydrogens is 252 g/mol. The molecule has 0 aromatic heterocycles. The van der Waals surface area contributed by atoms with Gasteiger partial charge in [0.2, 0.25) is 0 Å². The molecule has 3 heteroatoms. The highest BCUT2D eigenvalue weighted by Crippen LogP contribution is 2.38. The standard InChI is InChI=1S/C12H21BrN2/c1-5-9(2)15-8-10(13)6-12(3,4)11(15)7-14/h9-11H,5-6,8H2,1-4H3/t9?,10-,11-/m0/s1. The van der Waals surface area contributed by atoms with Crippen LogP contribution in [0.4, 0.5) is 0 Å². The molecule has 1 aliphatic heterocycles. The Balaban J connectivity index is 2.89. The van der Waals surface area contributed by atoms with E-state index in [0.29, 0.717) is 10.9 Å². The predicted molar refractivity (Wildman–Crippen MR) is 67.0 cm³/mol. The molecule has 0 radical (unpaired) electrons. The normalized spacial score (nSPS) is 33.3. The molecule has 0 amide bonds. The van der Waals surface area contributed by atoms with Crippen molar-refractivity contribution in [1.29, 1.82) is 5.26 Å². The molecule has 1 unspecified atom stereocenters. The molecule has 86 valence electrons. The summed E-state index contributed by atoms with van der Waals surface area (Å²) < 4.78 is 0. The Morgan fingerprint density at radius 2 is 2.20 bits per heavy atom. The average molecular weight is 273 g/mol. The Morgan fingerprint density at radius 3 is 2.67 bits per heavy atom. The van der Waals surface area contributed by atoms with Crippen molar-refractivity contribution in [2.75, 3.05) is 6.54 Å². The van der Waals surface area contributed by atoms with Crippen LogP contribution in [0.2, 0.25) is 0 Å². The van der Waals surface area contributed by atoms with Gasteiger partial charge < -0.3 is 0 Å². The summed E-state index contributed by atoms with van der Waals surface area (Å²) in [6.07, 6.45) is 2.19. The second-order valence-electron chi connectivity index (χ2n) is 5.28. The Bertz CT molecular complexity index is 257. The third kappa shape index (κ3) is 2.73. The zero-order valence-corrected chi connectivity index (χ0v) is 11.7. The van der Waals surface area contributed by atoms with E-state index in [1.165, 1.54) is 0 Å². The van der Waals surface area contributed by atoms with Gasteiger partial charge in [-0.25, -0.2) is 0 Å². The second kappa shape index (κ2) is 4.84. The van der Waals surface area contributed by atoms with Crippen molar-refractivity contribution in [3.63, 3.8) is 0 Å². The van der Waals surface area contributed by atoms with Crippen molar-refractivity contribution < 1.29 is 0 Å². The molecular formula is C12H21BrN2. The molecule has 0 bridgehead atoms. The zero-order chi connectivity index (χ0) is 11.6. The number of alkyl halides is 1. The van der Waals surface area contributed by atoms with Gasteiger partial charge in [-0.2, -0.15) is 5.26 Å². The summed E-state index contributed by atoms with van der Waals surface area (Å²) in [6.45, 7) is 9.79. The number of piperidine rings is 1. The highest BCUT2D eigenvalue weighted by Gasteiger charge is 2.42. The number of likely N-dealkylation sites (tertiary alicyclic amines) is 1. The van der Waals surface area contributed by atoms with E-state index in [0.717, 1.165) is 19.4 Å². The lowest BCUT2D eigenvalue weighted by Gasteiger charge is -2.47.